The van der Waals surface area contributed by atoms with Crippen LogP contribution in [0.2, 0.25) is 0 Å². The minimum Gasteiger partial charge on any atom is -0.378 e. The predicted octanol–water partition coefficient (Wildman–Crippen LogP) is 2.44. The van der Waals surface area contributed by atoms with Gasteiger partial charge in [0.2, 0.25) is 5.78 Å². The van der Waals surface area contributed by atoms with Crippen molar-refractivity contribution >= 4 is 23.0 Å². The molecule has 15 heavy (non-hydrogen) atoms. The fourth-order valence-corrected chi connectivity index (χ4v) is 1.71. The van der Waals surface area contributed by atoms with Crippen LogP contribution in [0.25, 0.3) is 0 Å². The van der Waals surface area contributed by atoms with E-state index in [4.69, 9.17) is 0 Å². The summed E-state index contributed by atoms with van der Waals surface area (Å²) in [5.41, 5.74) is 1.48. The van der Waals surface area contributed by atoms with Crippen LogP contribution < -0.4 is 5.32 Å². The fraction of sp³-hybridized carbons (Fsp3) is 0.0909. The van der Waals surface area contributed by atoms with E-state index in [1.807, 2.05) is 30.3 Å². The molecule has 2 rings (SSSR count). The number of Topliss-reactive ketones (excluding diaryl/α,β-unsaturated/α-hetero) is 1. The zero-order valence-electron chi connectivity index (χ0n) is 8.01. The highest BCUT2D eigenvalue weighted by atomic mass is 32.1. The number of ketones is 1. The van der Waals surface area contributed by atoms with Gasteiger partial charge in [-0.3, -0.25) is 4.79 Å². The molecule has 2 aromatic rings. The summed E-state index contributed by atoms with van der Waals surface area (Å²) in [6.45, 7) is 0.285. The van der Waals surface area contributed by atoms with Crippen LogP contribution >= 0.6 is 11.5 Å². The zero-order chi connectivity index (χ0) is 10.5. The van der Waals surface area contributed by atoms with E-state index in [0.717, 1.165) is 5.69 Å². The third-order valence-electron chi connectivity index (χ3n) is 1.95. The SMILES string of the molecule is O=C(CNc1ccccc1)c1ccsn1. The first-order chi connectivity index (χ1) is 7.36. The average molecular weight is 218 g/mol. The molecule has 1 aromatic heterocycles. The topological polar surface area (TPSA) is 42.0 Å². The van der Waals surface area contributed by atoms with Gasteiger partial charge in [-0.2, -0.15) is 4.37 Å². The van der Waals surface area contributed by atoms with E-state index < -0.39 is 0 Å². The number of anilines is 1. The largest absolute Gasteiger partial charge is 0.378 e. The summed E-state index contributed by atoms with van der Waals surface area (Å²) in [4.78, 5) is 11.6. The van der Waals surface area contributed by atoms with Crippen LogP contribution in [-0.4, -0.2) is 16.7 Å². The fourth-order valence-electron chi connectivity index (χ4n) is 1.19. The normalized spacial score (nSPS) is 9.87. The molecule has 0 bridgehead atoms. The molecule has 3 nitrogen and oxygen atoms in total. The van der Waals surface area contributed by atoms with Crippen molar-refractivity contribution in [1.29, 1.82) is 0 Å². The number of carbonyl (C=O) groups is 1. The van der Waals surface area contributed by atoms with Crippen LogP contribution in [0.3, 0.4) is 0 Å². The molecule has 0 aliphatic carbocycles. The monoisotopic (exact) mass is 218 g/mol. The molecule has 0 unspecified atom stereocenters. The Morgan fingerprint density at radius 2 is 2.07 bits per heavy atom. The second-order valence-electron chi connectivity index (χ2n) is 3.03. The predicted molar refractivity (Wildman–Crippen MR) is 61.4 cm³/mol. The lowest BCUT2D eigenvalue weighted by Gasteiger charge is -2.03. The van der Waals surface area contributed by atoms with Crippen LogP contribution in [0, 0.1) is 0 Å². The number of aromatic nitrogens is 1. The minimum absolute atomic E-state index is 0.0140. The van der Waals surface area contributed by atoms with Gasteiger partial charge in [0.25, 0.3) is 0 Å². The number of nitrogens with zero attached hydrogens (tertiary/aromatic N) is 1. The standard InChI is InChI=1S/C11H10N2OS/c14-11(10-6-7-15-13-10)8-12-9-4-2-1-3-5-9/h1-7,12H,8H2. The summed E-state index contributed by atoms with van der Waals surface area (Å²) in [7, 11) is 0. The summed E-state index contributed by atoms with van der Waals surface area (Å²) >= 11 is 1.29. The third kappa shape index (κ3) is 2.63. The van der Waals surface area contributed by atoms with E-state index in [1.54, 1.807) is 11.4 Å². The van der Waals surface area contributed by atoms with Gasteiger partial charge in [0.05, 0.1) is 6.54 Å². The van der Waals surface area contributed by atoms with E-state index in [1.165, 1.54) is 11.5 Å². The molecule has 1 N–H and O–H groups in total. The molecular formula is C11H10N2OS. The highest BCUT2D eigenvalue weighted by molar-refractivity contribution is 7.03. The Morgan fingerprint density at radius 3 is 2.73 bits per heavy atom. The van der Waals surface area contributed by atoms with Crippen molar-refractivity contribution < 1.29 is 4.79 Å². The van der Waals surface area contributed by atoms with Crippen molar-refractivity contribution in [3.05, 3.63) is 47.5 Å². The number of benzene rings is 1. The van der Waals surface area contributed by atoms with Crippen molar-refractivity contribution in [2.45, 2.75) is 0 Å². The maximum Gasteiger partial charge on any atom is 0.201 e. The third-order valence-corrected chi connectivity index (χ3v) is 2.51. The molecule has 0 aliphatic rings. The first-order valence-electron chi connectivity index (χ1n) is 4.59. The van der Waals surface area contributed by atoms with Crippen LogP contribution in [0.4, 0.5) is 5.69 Å². The Bertz CT molecular complexity index is 425. The summed E-state index contributed by atoms with van der Waals surface area (Å²) in [6, 6.07) is 11.4. The molecule has 0 aliphatic heterocycles. The lowest BCUT2D eigenvalue weighted by Crippen LogP contribution is -2.13. The molecule has 0 saturated carbocycles. The maximum atomic E-state index is 11.6. The van der Waals surface area contributed by atoms with Gasteiger partial charge in [0.15, 0.2) is 0 Å². The summed E-state index contributed by atoms with van der Waals surface area (Å²) < 4.78 is 3.98. The van der Waals surface area contributed by atoms with Crippen LogP contribution in [0.1, 0.15) is 10.5 Å². The molecule has 0 spiro atoms. The maximum absolute atomic E-state index is 11.6. The van der Waals surface area contributed by atoms with Crippen molar-refractivity contribution in [2.75, 3.05) is 11.9 Å². The van der Waals surface area contributed by atoms with E-state index in [-0.39, 0.29) is 12.3 Å². The van der Waals surface area contributed by atoms with E-state index in [9.17, 15) is 4.79 Å². The van der Waals surface area contributed by atoms with E-state index in [2.05, 4.69) is 9.69 Å². The van der Waals surface area contributed by atoms with Gasteiger partial charge in [-0.05, 0) is 29.7 Å². The average Bonchev–Trinajstić information content (AvgIpc) is 2.81. The number of hydrogen-bond acceptors (Lipinski definition) is 4. The van der Waals surface area contributed by atoms with Gasteiger partial charge >= 0.3 is 0 Å². The highest BCUT2D eigenvalue weighted by Crippen LogP contribution is 2.06. The van der Waals surface area contributed by atoms with Crippen molar-refractivity contribution in [1.82, 2.24) is 4.37 Å². The van der Waals surface area contributed by atoms with Crippen LogP contribution in [0.5, 0.6) is 0 Å². The minimum atomic E-state index is 0.0140. The molecule has 4 heteroatoms. The van der Waals surface area contributed by atoms with E-state index >= 15 is 0 Å². The lowest BCUT2D eigenvalue weighted by atomic mass is 10.2. The van der Waals surface area contributed by atoms with Crippen molar-refractivity contribution in [3.8, 4) is 0 Å². The second-order valence-corrected chi connectivity index (χ2v) is 3.69. The smallest absolute Gasteiger partial charge is 0.201 e. The van der Waals surface area contributed by atoms with Crippen LogP contribution in [0.15, 0.2) is 41.8 Å². The van der Waals surface area contributed by atoms with Crippen molar-refractivity contribution in [2.24, 2.45) is 0 Å². The zero-order valence-corrected chi connectivity index (χ0v) is 8.83. The second kappa shape index (κ2) is 4.70. The summed E-state index contributed by atoms with van der Waals surface area (Å²) in [5, 5.41) is 4.85. The van der Waals surface area contributed by atoms with Gasteiger partial charge in [-0.15, -0.1) is 0 Å². The lowest BCUT2D eigenvalue weighted by molar-refractivity contribution is 0.100. The quantitative estimate of drug-likeness (QED) is 0.801. The molecule has 0 amide bonds. The molecule has 1 aromatic carbocycles. The number of para-hydroxylation sites is 1. The number of rotatable bonds is 4. The van der Waals surface area contributed by atoms with Gasteiger partial charge in [0, 0.05) is 11.1 Å². The molecule has 0 radical (unpaired) electrons. The van der Waals surface area contributed by atoms with E-state index in [0.29, 0.717) is 5.69 Å². The summed E-state index contributed by atoms with van der Waals surface area (Å²) in [6.07, 6.45) is 0. The Labute approximate surface area is 91.9 Å². The Kier molecular flexibility index (Phi) is 3.09. The van der Waals surface area contributed by atoms with Gasteiger partial charge in [0.1, 0.15) is 5.69 Å². The number of hydrogen-bond donors (Lipinski definition) is 1. The Balaban J connectivity index is 1.92. The Hall–Kier alpha value is -1.68. The van der Waals surface area contributed by atoms with Gasteiger partial charge < -0.3 is 5.32 Å². The Morgan fingerprint density at radius 1 is 1.27 bits per heavy atom. The molecule has 76 valence electrons. The molecule has 1 heterocycles. The van der Waals surface area contributed by atoms with Gasteiger partial charge in [-0.25, -0.2) is 0 Å². The molecule has 0 saturated heterocycles. The highest BCUT2D eigenvalue weighted by Gasteiger charge is 2.06. The summed E-state index contributed by atoms with van der Waals surface area (Å²) in [5.74, 6) is 0.0140. The molecular weight excluding hydrogens is 208 g/mol. The number of carbonyl (C=O) groups excluding carboxylic acids is 1. The molecule has 0 atom stereocenters. The van der Waals surface area contributed by atoms with Crippen molar-refractivity contribution in [3.63, 3.8) is 0 Å². The van der Waals surface area contributed by atoms with Crippen LogP contribution in [-0.2, 0) is 0 Å². The first-order valence-corrected chi connectivity index (χ1v) is 5.42. The molecule has 0 fully saturated rings. The van der Waals surface area contributed by atoms with Gasteiger partial charge in [-0.1, -0.05) is 18.2 Å². The number of nitrogens with one attached hydrogen (secondary N) is 1. The first kappa shape index (κ1) is 9.86.